The van der Waals surface area contributed by atoms with Crippen molar-refractivity contribution in [3.05, 3.63) is 53.8 Å². The Balaban J connectivity index is 1.54. The maximum Gasteiger partial charge on any atom is 0.228 e. The molecule has 7 heteroatoms. The standard InChI is InChI=1S/C20H21FN2O4/c1-26-13-7-8-17(18(9-13)27-2)23-20(25)15-10-14(15)19(24)22-11-12-5-3-4-6-16(12)21/h3-9,14-15H,10-11H2,1-2H3,(H,22,24)(H,23,25). The molecule has 0 heterocycles. The van der Waals surface area contributed by atoms with E-state index >= 15 is 0 Å². The lowest BCUT2D eigenvalue weighted by Gasteiger charge is -2.11. The van der Waals surface area contributed by atoms with Gasteiger partial charge >= 0.3 is 0 Å². The van der Waals surface area contributed by atoms with Crippen molar-refractivity contribution < 1.29 is 23.5 Å². The topological polar surface area (TPSA) is 76.7 Å². The fourth-order valence-electron chi connectivity index (χ4n) is 2.86. The molecule has 2 unspecified atom stereocenters. The van der Waals surface area contributed by atoms with Gasteiger partial charge in [-0.1, -0.05) is 18.2 Å². The van der Waals surface area contributed by atoms with Crippen LogP contribution in [0.2, 0.25) is 0 Å². The van der Waals surface area contributed by atoms with Crippen molar-refractivity contribution in [1.29, 1.82) is 0 Å². The number of carbonyl (C=O) groups excluding carboxylic acids is 2. The van der Waals surface area contributed by atoms with Crippen LogP contribution in [0.3, 0.4) is 0 Å². The van der Waals surface area contributed by atoms with Crippen LogP contribution in [0.4, 0.5) is 10.1 Å². The van der Waals surface area contributed by atoms with E-state index in [0.717, 1.165) is 0 Å². The van der Waals surface area contributed by atoms with Crippen LogP contribution in [0.25, 0.3) is 0 Å². The van der Waals surface area contributed by atoms with Gasteiger partial charge in [-0.15, -0.1) is 0 Å². The molecule has 3 rings (SSSR count). The third kappa shape index (κ3) is 4.36. The molecule has 1 aliphatic carbocycles. The first-order valence-electron chi connectivity index (χ1n) is 8.57. The lowest BCUT2D eigenvalue weighted by molar-refractivity contribution is -0.125. The van der Waals surface area contributed by atoms with E-state index in [9.17, 15) is 14.0 Å². The van der Waals surface area contributed by atoms with Crippen LogP contribution in [0.1, 0.15) is 12.0 Å². The zero-order valence-electron chi connectivity index (χ0n) is 15.1. The molecule has 0 radical (unpaired) electrons. The third-order valence-corrected chi connectivity index (χ3v) is 4.54. The van der Waals surface area contributed by atoms with Crippen LogP contribution in [-0.4, -0.2) is 26.0 Å². The van der Waals surface area contributed by atoms with Gasteiger partial charge in [0.25, 0.3) is 0 Å². The van der Waals surface area contributed by atoms with Gasteiger partial charge in [-0.25, -0.2) is 4.39 Å². The maximum absolute atomic E-state index is 13.6. The summed E-state index contributed by atoms with van der Waals surface area (Å²) in [4.78, 5) is 24.6. The summed E-state index contributed by atoms with van der Waals surface area (Å²) >= 11 is 0. The highest BCUT2D eigenvalue weighted by Gasteiger charge is 2.48. The largest absolute Gasteiger partial charge is 0.497 e. The number of hydrogen-bond acceptors (Lipinski definition) is 4. The van der Waals surface area contributed by atoms with Gasteiger partial charge in [0, 0.05) is 18.2 Å². The van der Waals surface area contributed by atoms with E-state index in [1.165, 1.54) is 13.2 Å². The summed E-state index contributed by atoms with van der Waals surface area (Å²) in [6.45, 7) is 0.0998. The highest BCUT2D eigenvalue weighted by molar-refractivity contribution is 6.00. The van der Waals surface area contributed by atoms with Crippen molar-refractivity contribution >= 4 is 17.5 Å². The molecule has 1 saturated carbocycles. The average Bonchev–Trinajstić information content (AvgIpc) is 3.48. The molecule has 2 aromatic carbocycles. The molecule has 0 saturated heterocycles. The van der Waals surface area contributed by atoms with E-state index < -0.39 is 11.8 Å². The van der Waals surface area contributed by atoms with Gasteiger partial charge < -0.3 is 20.1 Å². The smallest absolute Gasteiger partial charge is 0.228 e. The molecule has 0 aromatic heterocycles. The second-order valence-electron chi connectivity index (χ2n) is 6.31. The predicted molar refractivity (Wildman–Crippen MR) is 98.0 cm³/mol. The van der Waals surface area contributed by atoms with Crippen LogP contribution in [0.15, 0.2) is 42.5 Å². The van der Waals surface area contributed by atoms with Gasteiger partial charge in [-0.3, -0.25) is 9.59 Å². The van der Waals surface area contributed by atoms with Crippen molar-refractivity contribution in [2.45, 2.75) is 13.0 Å². The number of amides is 2. The molecule has 0 aliphatic heterocycles. The van der Waals surface area contributed by atoms with Crippen molar-refractivity contribution in [2.75, 3.05) is 19.5 Å². The molecule has 142 valence electrons. The first-order chi connectivity index (χ1) is 13.0. The predicted octanol–water partition coefficient (Wildman–Crippen LogP) is 2.73. The minimum absolute atomic E-state index is 0.0998. The summed E-state index contributed by atoms with van der Waals surface area (Å²) in [5.74, 6) is -0.580. The Morgan fingerprint density at radius 1 is 1.07 bits per heavy atom. The molecule has 27 heavy (non-hydrogen) atoms. The van der Waals surface area contributed by atoms with Crippen molar-refractivity contribution in [1.82, 2.24) is 5.32 Å². The normalized spacial score (nSPS) is 17.7. The number of nitrogens with one attached hydrogen (secondary N) is 2. The molecular formula is C20H21FN2O4. The summed E-state index contributed by atoms with van der Waals surface area (Å²) in [6.07, 6.45) is 0.466. The molecule has 6 nitrogen and oxygen atoms in total. The van der Waals surface area contributed by atoms with Gasteiger partial charge in [0.2, 0.25) is 11.8 Å². The fourth-order valence-corrected chi connectivity index (χ4v) is 2.86. The molecule has 1 fully saturated rings. The number of halogens is 1. The fraction of sp³-hybridized carbons (Fsp3) is 0.300. The van der Waals surface area contributed by atoms with Crippen molar-refractivity contribution in [3.63, 3.8) is 0 Å². The highest BCUT2D eigenvalue weighted by atomic mass is 19.1. The summed E-state index contributed by atoms with van der Waals surface area (Å²) in [5, 5.41) is 5.47. The van der Waals surface area contributed by atoms with Gasteiger partial charge in [0.1, 0.15) is 17.3 Å². The number of carbonyl (C=O) groups is 2. The van der Waals surface area contributed by atoms with E-state index in [1.807, 2.05) is 0 Å². The number of anilines is 1. The maximum atomic E-state index is 13.6. The van der Waals surface area contributed by atoms with Crippen LogP contribution in [0.5, 0.6) is 11.5 Å². The van der Waals surface area contributed by atoms with Gasteiger partial charge in [-0.2, -0.15) is 0 Å². The summed E-state index contributed by atoms with van der Waals surface area (Å²) in [6, 6.07) is 11.3. The number of hydrogen-bond donors (Lipinski definition) is 2. The van der Waals surface area contributed by atoms with Gasteiger partial charge in [0.15, 0.2) is 0 Å². The molecule has 0 spiro atoms. The lowest BCUT2D eigenvalue weighted by Crippen LogP contribution is -2.27. The number of methoxy groups -OCH3 is 2. The molecule has 0 bridgehead atoms. The van der Waals surface area contributed by atoms with Gasteiger partial charge in [-0.05, 0) is 24.6 Å². The van der Waals surface area contributed by atoms with Crippen molar-refractivity contribution in [3.8, 4) is 11.5 Å². The molecule has 2 aromatic rings. The minimum atomic E-state index is -0.405. The zero-order valence-corrected chi connectivity index (χ0v) is 15.1. The SMILES string of the molecule is COc1ccc(NC(=O)C2CC2C(=O)NCc2ccccc2F)c(OC)c1. The Kier molecular flexibility index (Phi) is 5.59. The Morgan fingerprint density at radius 2 is 1.81 bits per heavy atom. The molecule has 2 amide bonds. The zero-order chi connectivity index (χ0) is 19.4. The second kappa shape index (κ2) is 8.07. The van der Waals surface area contributed by atoms with Crippen LogP contribution < -0.4 is 20.1 Å². The highest BCUT2D eigenvalue weighted by Crippen LogP contribution is 2.40. The van der Waals surface area contributed by atoms with Crippen LogP contribution >= 0.6 is 0 Å². The van der Waals surface area contributed by atoms with E-state index in [4.69, 9.17) is 9.47 Å². The van der Waals surface area contributed by atoms with Crippen LogP contribution in [-0.2, 0) is 16.1 Å². The first kappa shape index (κ1) is 18.7. The number of rotatable bonds is 7. The number of benzene rings is 2. The monoisotopic (exact) mass is 372 g/mol. The quantitative estimate of drug-likeness (QED) is 0.784. The van der Waals surface area contributed by atoms with E-state index in [1.54, 1.807) is 43.5 Å². The third-order valence-electron chi connectivity index (χ3n) is 4.54. The Morgan fingerprint density at radius 3 is 2.52 bits per heavy atom. The summed E-state index contributed by atoms with van der Waals surface area (Å²) in [5.41, 5.74) is 0.927. The molecule has 1 aliphatic rings. The van der Waals surface area contributed by atoms with E-state index in [-0.39, 0.29) is 24.2 Å². The molecular weight excluding hydrogens is 351 g/mol. The minimum Gasteiger partial charge on any atom is -0.497 e. The van der Waals surface area contributed by atoms with E-state index in [0.29, 0.717) is 29.2 Å². The van der Waals surface area contributed by atoms with Crippen molar-refractivity contribution in [2.24, 2.45) is 11.8 Å². The van der Waals surface area contributed by atoms with E-state index in [2.05, 4.69) is 10.6 Å². The number of ether oxygens (including phenoxy) is 2. The lowest BCUT2D eigenvalue weighted by atomic mass is 10.2. The Bertz CT molecular complexity index is 856. The molecule has 2 atom stereocenters. The summed E-state index contributed by atoms with van der Waals surface area (Å²) < 4.78 is 24.0. The second-order valence-corrected chi connectivity index (χ2v) is 6.31. The Labute approximate surface area is 156 Å². The van der Waals surface area contributed by atoms with Crippen LogP contribution in [0, 0.1) is 17.7 Å². The molecule has 2 N–H and O–H groups in total. The summed E-state index contributed by atoms with van der Waals surface area (Å²) in [7, 11) is 3.04. The van der Waals surface area contributed by atoms with Gasteiger partial charge in [0.05, 0.1) is 31.7 Å². The first-order valence-corrected chi connectivity index (χ1v) is 8.57. The Hall–Kier alpha value is -3.09. The average molecular weight is 372 g/mol.